The van der Waals surface area contributed by atoms with Crippen molar-refractivity contribution in [3.63, 3.8) is 0 Å². The smallest absolute Gasteiger partial charge is 0.185 e. The molecule has 0 amide bonds. The van der Waals surface area contributed by atoms with E-state index in [4.69, 9.17) is 9.84 Å². The Bertz CT molecular complexity index is 1210. The van der Waals surface area contributed by atoms with E-state index in [0.717, 1.165) is 53.3 Å². The largest absolute Gasteiger partial charge is 0.497 e. The van der Waals surface area contributed by atoms with Crippen LogP contribution >= 0.6 is 0 Å². The first kappa shape index (κ1) is 15.9. The summed E-state index contributed by atoms with van der Waals surface area (Å²) in [4.78, 5) is 2.38. The van der Waals surface area contributed by atoms with Crippen LogP contribution < -0.4 is 9.64 Å². The molecule has 2 aliphatic rings. The van der Waals surface area contributed by atoms with Gasteiger partial charge in [0.1, 0.15) is 5.75 Å². The van der Waals surface area contributed by atoms with E-state index in [2.05, 4.69) is 51.5 Å². The topological polar surface area (TPSA) is 55.5 Å². The molecule has 0 bridgehead atoms. The van der Waals surface area contributed by atoms with Crippen LogP contribution in [0.2, 0.25) is 0 Å². The summed E-state index contributed by atoms with van der Waals surface area (Å²) in [5.41, 5.74) is 3.57. The van der Waals surface area contributed by atoms with Crippen molar-refractivity contribution in [1.82, 2.24) is 19.8 Å². The zero-order valence-electron chi connectivity index (χ0n) is 15.8. The van der Waals surface area contributed by atoms with Gasteiger partial charge in [0.05, 0.1) is 7.11 Å². The van der Waals surface area contributed by atoms with Crippen molar-refractivity contribution in [2.75, 3.05) is 18.6 Å². The number of nitrogens with zero attached hydrogens (tertiary/aromatic N) is 5. The van der Waals surface area contributed by atoms with Crippen molar-refractivity contribution in [2.45, 2.75) is 31.7 Å². The van der Waals surface area contributed by atoms with Crippen LogP contribution in [0, 0.1) is 0 Å². The second-order valence-electron chi connectivity index (χ2n) is 7.74. The van der Waals surface area contributed by atoms with Gasteiger partial charge in [-0.15, -0.1) is 15.3 Å². The Morgan fingerprint density at radius 3 is 2.68 bits per heavy atom. The van der Waals surface area contributed by atoms with Crippen molar-refractivity contribution in [3.8, 4) is 5.75 Å². The van der Waals surface area contributed by atoms with Gasteiger partial charge < -0.3 is 9.64 Å². The molecule has 6 heteroatoms. The van der Waals surface area contributed by atoms with Gasteiger partial charge in [-0.25, -0.2) is 0 Å². The van der Waals surface area contributed by atoms with Crippen LogP contribution in [0.1, 0.15) is 35.7 Å². The highest BCUT2D eigenvalue weighted by Crippen LogP contribution is 2.40. The van der Waals surface area contributed by atoms with Crippen molar-refractivity contribution >= 4 is 22.2 Å². The van der Waals surface area contributed by atoms with Crippen LogP contribution in [0.5, 0.6) is 5.75 Å². The SMILES string of the molecule is COc1ccc2c(c1)CCN(c1nn3c(C4CC4)nnc3c3ccccc13)C2. The summed E-state index contributed by atoms with van der Waals surface area (Å²) in [6.07, 6.45) is 3.35. The van der Waals surface area contributed by atoms with Crippen LogP contribution in [0.3, 0.4) is 0 Å². The van der Waals surface area contributed by atoms with Crippen molar-refractivity contribution in [2.24, 2.45) is 0 Å². The van der Waals surface area contributed by atoms with Crippen LogP contribution in [0.25, 0.3) is 16.4 Å². The number of ether oxygens (including phenoxy) is 1. The third-order valence-corrected chi connectivity index (χ3v) is 5.94. The predicted octanol–water partition coefficient (Wildman–Crippen LogP) is 3.73. The maximum absolute atomic E-state index is 5.39. The number of fused-ring (bicyclic) bond motifs is 4. The summed E-state index contributed by atoms with van der Waals surface area (Å²) in [6, 6.07) is 14.8. The number of rotatable bonds is 3. The van der Waals surface area contributed by atoms with Crippen LogP contribution in [-0.2, 0) is 13.0 Å². The fourth-order valence-corrected chi connectivity index (χ4v) is 4.25. The summed E-state index contributed by atoms with van der Waals surface area (Å²) >= 11 is 0. The second kappa shape index (κ2) is 5.92. The molecule has 28 heavy (non-hydrogen) atoms. The van der Waals surface area contributed by atoms with Crippen LogP contribution in [-0.4, -0.2) is 33.5 Å². The zero-order valence-corrected chi connectivity index (χ0v) is 15.8. The van der Waals surface area contributed by atoms with Gasteiger partial charge in [-0.1, -0.05) is 30.3 Å². The Balaban J connectivity index is 1.50. The lowest BCUT2D eigenvalue weighted by molar-refractivity contribution is 0.413. The molecule has 0 spiro atoms. The Labute approximate surface area is 162 Å². The van der Waals surface area contributed by atoms with Gasteiger partial charge in [-0.3, -0.25) is 0 Å². The standard InChI is InChI=1S/C22H21N5O/c1-28-17-9-8-16-13-26(11-10-15(16)12-17)22-19-5-3-2-4-18(19)21-24-23-20(14-6-7-14)27(21)25-22/h2-5,8-9,12,14H,6-7,10-11,13H2,1H3. The molecule has 2 aromatic heterocycles. The number of anilines is 1. The molecule has 1 saturated carbocycles. The van der Waals surface area contributed by atoms with E-state index >= 15 is 0 Å². The van der Waals surface area contributed by atoms with E-state index < -0.39 is 0 Å². The highest BCUT2D eigenvalue weighted by atomic mass is 16.5. The second-order valence-corrected chi connectivity index (χ2v) is 7.74. The van der Waals surface area contributed by atoms with Crippen molar-refractivity contribution in [1.29, 1.82) is 0 Å². The number of methoxy groups -OCH3 is 1. The molecule has 4 aromatic rings. The van der Waals surface area contributed by atoms with Crippen LogP contribution in [0.15, 0.2) is 42.5 Å². The number of aromatic nitrogens is 4. The van der Waals surface area contributed by atoms with E-state index in [1.165, 1.54) is 24.0 Å². The molecule has 0 saturated heterocycles. The molecule has 0 unspecified atom stereocenters. The van der Waals surface area contributed by atoms with Gasteiger partial charge in [0.25, 0.3) is 0 Å². The quantitative estimate of drug-likeness (QED) is 0.549. The highest BCUT2D eigenvalue weighted by Gasteiger charge is 2.30. The first-order chi connectivity index (χ1) is 13.8. The lowest BCUT2D eigenvalue weighted by atomic mass is 9.99. The van der Waals surface area contributed by atoms with Crippen molar-refractivity contribution < 1.29 is 4.74 Å². The summed E-state index contributed by atoms with van der Waals surface area (Å²) in [5, 5.41) is 16.2. The van der Waals surface area contributed by atoms with Gasteiger partial charge in [0.2, 0.25) is 0 Å². The van der Waals surface area contributed by atoms with E-state index in [9.17, 15) is 0 Å². The van der Waals surface area contributed by atoms with Gasteiger partial charge >= 0.3 is 0 Å². The third kappa shape index (κ3) is 2.37. The molecule has 140 valence electrons. The minimum atomic E-state index is 0.506. The molecule has 1 fully saturated rings. The predicted molar refractivity (Wildman–Crippen MR) is 108 cm³/mol. The average Bonchev–Trinajstić information content (AvgIpc) is 3.51. The molecule has 6 rings (SSSR count). The Kier molecular flexibility index (Phi) is 3.36. The lowest BCUT2D eigenvalue weighted by Gasteiger charge is -2.30. The third-order valence-electron chi connectivity index (χ3n) is 5.94. The Morgan fingerprint density at radius 1 is 1.00 bits per heavy atom. The minimum absolute atomic E-state index is 0.506. The van der Waals surface area contributed by atoms with E-state index in [1.807, 2.05) is 10.6 Å². The van der Waals surface area contributed by atoms with Gasteiger partial charge in [0, 0.05) is 29.8 Å². The number of benzene rings is 2. The Morgan fingerprint density at radius 2 is 1.86 bits per heavy atom. The lowest BCUT2D eigenvalue weighted by Crippen LogP contribution is -2.31. The maximum atomic E-state index is 5.39. The summed E-state index contributed by atoms with van der Waals surface area (Å²) in [6.45, 7) is 1.78. The van der Waals surface area contributed by atoms with Crippen molar-refractivity contribution in [3.05, 3.63) is 59.4 Å². The molecule has 0 radical (unpaired) electrons. The van der Waals surface area contributed by atoms with Gasteiger partial charge in [0.15, 0.2) is 17.3 Å². The van der Waals surface area contributed by atoms with E-state index in [0.29, 0.717) is 5.92 Å². The maximum Gasteiger partial charge on any atom is 0.185 e. The molecule has 6 nitrogen and oxygen atoms in total. The highest BCUT2D eigenvalue weighted by molar-refractivity contribution is 6.00. The van der Waals surface area contributed by atoms with E-state index in [1.54, 1.807) is 7.11 Å². The van der Waals surface area contributed by atoms with Gasteiger partial charge in [-0.2, -0.15) is 4.52 Å². The first-order valence-corrected chi connectivity index (χ1v) is 9.86. The fourth-order valence-electron chi connectivity index (χ4n) is 4.25. The number of hydrogen-bond donors (Lipinski definition) is 0. The number of hydrogen-bond acceptors (Lipinski definition) is 5. The summed E-state index contributed by atoms with van der Waals surface area (Å²) in [5.74, 6) is 3.46. The zero-order chi connectivity index (χ0) is 18.7. The normalized spacial score (nSPS) is 16.5. The Hall–Kier alpha value is -3.15. The van der Waals surface area contributed by atoms with E-state index in [-0.39, 0.29) is 0 Å². The monoisotopic (exact) mass is 371 g/mol. The molecule has 0 N–H and O–H groups in total. The first-order valence-electron chi connectivity index (χ1n) is 9.86. The van der Waals surface area contributed by atoms with Crippen LogP contribution in [0.4, 0.5) is 5.82 Å². The summed E-state index contributed by atoms with van der Waals surface area (Å²) in [7, 11) is 1.72. The molecule has 1 aliphatic heterocycles. The average molecular weight is 371 g/mol. The summed E-state index contributed by atoms with van der Waals surface area (Å²) < 4.78 is 7.37. The molecular formula is C22H21N5O. The molecule has 2 aromatic carbocycles. The molecule has 0 atom stereocenters. The molecule has 3 heterocycles. The molecular weight excluding hydrogens is 350 g/mol. The molecule has 1 aliphatic carbocycles. The van der Waals surface area contributed by atoms with Gasteiger partial charge in [-0.05, 0) is 42.5 Å². The fraction of sp³-hybridized carbons (Fsp3) is 0.318. The minimum Gasteiger partial charge on any atom is -0.497 e.